The van der Waals surface area contributed by atoms with Gasteiger partial charge in [0, 0.05) is 23.8 Å². The van der Waals surface area contributed by atoms with E-state index in [0.29, 0.717) is 12.0 Å². The Kier molecular flexibility index (Phi) is 3.16. The molecule has 3 rings (SSSR count). The topological polar surface area (TPSA) is 43.3 Å². The molecule has 0 aromatic carbocycles. The van der Waals surface area contributed by atoms with Gasteiger partial charge in [0.2, 0.25) is 0 Å². The van der Waals surface area contributed by atoms with Crippen LogP contribution < -0.4 is 5.73 Å². The maximum atomic E-state index is 6.26. The van der Waals surface area contributed by atoms with Crippen molar-refractivity contribution >= 4 is 16.3 Å². The van der Waals surface area contributed by atoms with E-state index in [1.165, 1.54) is 37.8 Å². The summed E-state index contributed by atoms with van der Waals surface area (Å²) in [5.74, 6) is 0.627. The van der Waals surface area contributed by atoms with Gasteiger partial charge in [-0.2, -0.15) is 0 Å². The van der Waals surface area contributed by atoms with Gasteiger partial charge in [0.25, 0.3) is 0 Å². The molecule has 1 aliphatic carbocycles. The fraction of sp³-hybridized carbons (Fsp3) is 0.615. The molecule has 2 heterocycles. The molecule has 4 heteroatoms. The minimum absolute atomic E-state index is 0.372. The number of hydrogen-bond donors (Lipinski definition) is 1. The van der Waals surface area contributed by atoms with E-state index in [1.54, 1.807) is 11.3 Å². The lowest BCUT2D eigenvalue weighted by molar-refractivity contribution is 0.393. The van der Waals surface area contributed by atoms with Gasteiger partial charge in [0.05, 0.1) is 5.69 Å². The van der Waals surface area contributed by atoms with Gasteiger partial charge in [0.1, 0.15) is 0 Å². The number of nitrogens with two attached hydrogens (primary N) is 1. The lowest BCUT2D eigenvalue weighted by atomic mass is 9.91. The minimum Gasteiger partial charge on any atom is -0.327 e. The average Bonchev–Trinajstić information content (AvgIpc) is 2.81. The Hall–Kier alpha value is -0.870. The lowest BCUT2D eigenvalue weighted by Gasteiger charge is -2.19. The third-order valence-corrected chi connectivity index (χ3v) is 4.60. The number of aromatic nitrogens is 2. The molecule has 92 valence electrons. The van der Waals surface area contributed by atoms with E-state index < -0.39 is 0 Å². The van der Waals surface area contributed by atoms with Crippen molar-refractivity contribution in [1.82, 2.24) is 9.38 Å². The molecule has 0 saturated heterocycles. The number of rotatable bonds is 2. The summed E-state index contributed by atoms with van der Waals surface area (Å²) in [5, 5.41) is 2.07. The van der Waals surface area contributed by atoms with Gasteiger partial charge in [0.15, 0.2) is 4.96 Å². The van der Waals surface area contributed by atoms with E-state index in [0.717, 1.165) is 11.4 Å². The van der Waals surface area contributed by atoms with Crippen molar-refractivity contribution in [2.45, 2.75) is 44.6 Å². The van der Waals surface area contributed by atoms with Crippen molar-refractivity contribution in [3.05, 3.63) is 23.5 Å². The Labute approximate surface area is 106 Å². The molecule has 2 atom stereocenters. The Morgan fingerprint density at radius 2 is 2.24 bits per heavy atom. The fourth-order valence-corrected chi connectivity index (χ4v) is 3.53. The Morgan fingerprint density at radius 1 is 1.35 bits per heavy atom. The Bertz CT molecular complexity index is 459. The number of hydrogen-bond acceptors (Lipinski definition) is 3. The average molecular weight is 249 g/mol. The van der Waals surface area contributed by atoms with Crippen molar-refractivity contribution in [3.63, 3.8) is 0 Å². The van der Waals surface area contributed by atoms with Crippen molar-refractivity contribution in [2.24, 2.45) is 11.7 Å². The number of fused-ring (bicyclic) bond motifs is 1. The molecule has 1 fully saturated rings. The molecular weight excluding hydrogens is 230 g/mol. The van der Waals surface area contributed by atoms with Crippen LogP contribution >= 0.6 is 11.3 Å². The smallest absolute Gasteiger partial charge is 0.193 e. The highest BCUT2D eigenvalue weighted by Gasteiger charge is 2.21. The van der Waals surface area contributed by atoms with Crippen molar-refractivity contribution in [3.8, 4) is 0 Å². The van der Waals surface area contributed by atoms with Crippen molar-refractivity contribution in [1.29, 1.82) is 0 Å². The van der Waals surface area contributed by atoms with Crippen molar-refractivity contribution < 1.29 is 0 Å². The molecule has 2 N–H and O–H groups in total. The molecule has 0 spiro atoms. The second kappa shape index (κ2) is 4.78. The summed E-state index contributed by atoms with van der Waals surface area (Å²) in [4.78, 5) is 5.76. The van der Waals surface area contributed by atoms with E-state index in [1.807, 2.05) is 0 Å². The molecule has 2 unspecified atom stereocenters. The van der Waals surface area contributed by atoms with Crippen LogP contribution in [0.4, 0.5) is 0 Å². The largest absolute Gasteiger partial charge is 0.327 e. The Morgan fingerprint density at radius 3 is 3.12 bits per heavy atom. The molecule has 0 aliphatic heterocycles. The molecule has 0 bridgehead atoms. The predicted octanol–water partition coefficient (Wildman–Crippen LogP) is 2.85. The summed E-state index contributed by atoms with van der Waals surface area (Å²) in [6.07, 6.45) is 11.7. The van der Waals surface area contributed by atoms with Gasteiger partial charge in [-0.3, -0.25) is 4.40 Å². The molecule has 0 radical (unpaired) electrons. The van der Waals surface area contributed by atoms with E-state index in [9.17, 15) is 0 Å². The summed E-state index contributed by atoms with van der Waals surface area (Å²) in [5.41, 5.74) is 7.47. The van der Waals surface area contributed by atoms with Gasteiger partial charge < -0.3 is 5.73 Å². The first kappa shape index (κ1) is 11.2. The summed E-state index contributed by atoms with van der Waals surface area (Å²) in [6.45, 7) is 0. The van der Waals surface area contributed by atoms with E-state index in [4.69, 9.17) is 5.73 Å². The molecule has 1 aliphatic rings. The molecule has 2 aromatic rings. The first-order valence-electron chi connectivity index (χ1n) is 6.49. The highest BCUT2D eigenvalue weighted by molar-refractivity contribution is 7.15. The van der Waals surface area contributed by atoms with Crippen LogP contribution in [0.3, 0.4) is 0 Å². The van der Waals surface area contributed by atoms with Crippen LogP contribution in [0, 0.1) is 5.92 Å². The first-order valence-corrected chi connectivity index (χ1v) is 7.37. The summed E-state index contributed by atoms with van der Waals surface area (Å²) < 4.78 is 2.11. The minimum atomic E-state index is 0.372. The zero-order valence-corrected chi connectivity index (χ0v) is 10.8. The quantitative estimate of drug-likeness (QED) is 0.832. The van der Waals surface area contributed by atoms with Gasteiger partial charge in [-0.15, -0.1) is 11.3 Å². The van der Waals surface area contributed by atoms with Gasteiger partial charge in [-0.1, -0.05) is 19.3 Å². The summed E-state index contributed by atoms with van der Waals surface area (Å²) in [6, 6.07) is 0.372. The summed E-state index contributed by atoms with van der Waals surface area (Å²) in [7, 11) is 0. The first-order chi connectivity index (χ1) is 8.33. The van der Waals surface area contributed by atoms with Crippen LogP contribution in [0.15, 0.2) is 17.8 Å². The zero-order valence-electron chi connectivity index (χ0n) is 10.0. The molecule has 3 nitrogen and oxygen atoms in total. The van der Waals surface area contributed by atoms with Crippen LogP contribution in [0.5, 0.6) is 0 Å². The normalized spacial score (nSPS) is 26.2. The van der Waals surface area contributed by atoms with Crippen LogP contribution in [0.1, 0.15) is 37.8 Å². The third-order valence-electron chi connectivity index (χ3n) is 3.83. The highest BCUT2D eigenvalue weighted by Crippen LogP contribution is 2.25. The molecule has 17 heavy (non-hydrogen) atoms. The van der Waals surface area contributed by atoms with Crippen LogP contribution in [-0.4, -0.2) is 15.4 Å². The standard InChI is InChI=1S/C13H19N3S/c14-12-5-3-1-2-4-10(12)8-11-9-16-6-7-17-13(16)15-11/h6-7,9-10,12H,1-5,8,14H2. The number of imidazole rings is 1. The number of nitrogens with zero attached hydrogens (tertiary/aromatic N) is 2. The fourth-order valence-electron chi connectivity index (χ4n) is 2.81. The Balaban J connectivity index is 1.74. The second-order valence-corrected chi connectivity index (χ2v) is 5.96. The van der Waals surface area contributed by atoms with E-state index in [-0.39, 0.29) is 0 Å². The third kappa shape index (κ3) is 2.38. The van der Waals surface area contributed by atoms with Crippen LogP contribution in [-0.2, 0) is 6.42 Å². The second-order valence-electron chi connectivity index (χ2n) is 5.09. The molecule has 0 amide bonds. The SMILES string of the molecule is NC1CCCCCC1Cc1cn2ccsc2n1. The van der Waals surface area contributed by atoms with E-state index >= 15 is 0 Å². The highest BCUT2D eigenvalue weighted by atomic mass is 32.1. The van der Waals surface area contributed by atoms with Gasteiger partial charge >= 0.3 is 0 Å². The molecular formula is C13H19N3S. The zero-order chi connectivity index (χ0) is 11.7. The van der Waals surface area contributed by atoms with Crippen molar-refractivity contribution in [2.75, 3.05) is 0 Å². The van der Waals surface area contributed by atoms with Gasteiger partial charge in [-0.25, -0.2) is 4.98 Å². The van der Waals surface area contributed by atoms with Gasteiger partial charge in [-0.05, 0) is 25.2 Å². The van der Waals surface area contributed by atoms with Crippen LogP contribution in [0.25, 0.3) is 4.96 Å². The molecule has 1 saturated carbocycles. The summed E-state index contributed by atoms with van der Waals surface area (Å²) >= 11 is 1.70. The monoisotopic (exact) mass is 249 g/mol. The maximum absolute atomic E-state index is 6.26. The predicted molar refractivity (Wildman–Crippen MR) is 71.3 cm³/mol. The van der Waals surface area contributed by atoms with E-state index in [2.05, 4.69) is 27.2 Å². The lowest BCUT2D eigenvalue weighted by Crippen LogP contribution is -2.30. The van der Waals surface area contributed by atoms with Crippen LogP contribution in [0.2, 0.25) is 0 Å². The number of thiazole rings is 1. The molecule has 2 aromatic heterocycles. The maximum Gasteiger partial charge on any atom is 0.193 e.